The van der Waals surface area contributed by atoms with E-state index in [1.165, 1.54) is 0 Å². The van der Waals surface area contributed by atoms with E-state index in [1.807, 2.05) is 31.2 Å². The summed E-state index contributed by atoms with van der Waals surface area (Å²) in [6.45, 7) is 1.96. The van der Waals surface area contributed by atoms with Gasteiger partial charge in [0.1, 0.15) is 0 Å². The first-order valence-electron chi connectivity index (χ1n) is 6.30. The molecule has 0 heterocycles. The lowest BCUT2D eigenvalue weighted by Crippen LogP contribution is -2.43. The molecule has 1 atom stereocenters. The van der Waals surface area contributed by atoms with Crippen LogP contribution in [0.1, 0.15) is 31.7 Å². The van der Waals surface area contributed by atoms with Crippen LogP contribution in [0.5, 0.6) is 0 Å². The van der Waals surface area contributed by atoms with Crippen molar-refractivity contribution in [1.82, 2.24) is 5.32 Å². The number of carbonyl (C=O) groups is 1. The van der Waals surface area contributed by atoms with E-state index >= 15 is 0 Å². The zero-order valence-electron chi connectivity index (χ0n) is 10.4. The third-order valence-electron chi connectivity index (χ3n) is 3.63. The van der Waals surface area contributed by atoms with Crippen LogP contribution in [-0.2, 0) is 10.2 Å². The predicted octanol–water partition coefficient (Wildman–Crippen LogP) is 2.37. The number of aliphatic hydroxyl groups is 1. The smallest absolute Gasteiger partial charge is 0.230 e. The summed E-state index contributed by atoms with van der Waals surface area (Å²) in [6.07, 6.45) is 2.53. The van der Waals surface area contributed by atoms with Crippen LogP contribution in [-0.4, -0.2) is 23.7 Å². The monoisotopic (exact) mass is 311 g/mol. The molecule has 0 saturated heterocycles. The first-order valence-corrected chi connectivity index (χ1v) is 7.09. The van der Waals surface area contributed by atoms with Gasteiger partial charge >= 0.3 is 0 Å². The average molecular weight is 312 g/mol. The number of halogens is 1. The zero-order valence-corrected chi connectivity index (χ0v) is 12.0. The highest BCUT2D eigenvalue weighted by molar-refractivity contribution is 9.10. The number of amides is 1. The highest BCUT2D eigenvalue weighted by atomic mass is 79.9. The van der Waals surface area contributed by atoms with Gasteiger partial charge in [0, 0.05) is 4.47 Å². The van der Waals surface area contributed by atoms with Crippen LogP contribution >= 0.6 is 15.9 Å². The molecule has 4 heteroatoms. The molecular formula is C14H18BrNO2. The van der Waals surface area contributed by atoms with Crippen molar-refractivity contribution in [3.8, 4) is 0 Å². The molecule has 2 N–H and O–H groups in total. The standard InChI is InChI=1S/C14H18BrNO2/c1-2-12(9-17)16-13(18)14(7-8-14)10-3-5-11(15)6-4-10/h3-6,12,17H,2,7-9H2,1H3,(H,16,18)/t12-/m0/s1. The maximum absolute atomic E-state index is 12.3. The fraction of sp³-hybridized carbons (Fsp3) is 0.500. The van der Waals surface area contributed by atoms with Crippen molar-refractivity contribution in [3.05, 3.63) is 34.3 Å². The van der Waals surface area contributed by atoms with E-state index in [4.69, 9.17) is 5.11 Å². The normalized spacial score (nSPS) is 18.2. The van der Waals surface area contributed by atoms with E-state index in [2.05, 4.69) is 21.2 Å². The minimum atomic E-state index is -0.358. The number of nitrogens with one attached hydrogen (secondary N) is 1. The van der Waals surface area contributed by atoms with E-state index in [1.54, 1.807) is 0 Å². The van der Waals surface area contributed by atoms with Crippen LogP contribution in [0, 0.1) is 0 Å². The summed E-state index contributed by atoms with van der Waals surface area (Å²) >= 11 is 3.40. The van der Waals surface area contributed by atoms with Crippen LogP contribution in [0.15, 0.2) is 28.7 Å². The van der Waals surface area contributed by atoms with Crippen LogP contribution < -0.4 is 5.32 Å². The summed E-state index contributed by atoms with van der Waals surface area (Å²) in [5, 5.41) is 12.1. The highest BCUT2D eigenvalue weighted by Gasteiger charge is 2.51. The number of hydrogen-bond donors (Lipinski definition) is 2. The molecule has 1 aromatic rings. The van der Waals surface area contributed by atoms with E-state index in [-0.39, 0.29) is 24.0 Å². The van der Waals surface area contributed by atoms with Gasteiger partial charge in [0.25, 0.3) is 0 Å². The molecule has 0 unspecified atom stereocenters. The molecule has 0 spiro atoms. The molecule has 0 aliphatic heterocycles. The van der Waals surface area contributed by atoms with E-state index in [9.17, 15) is 4.79 Å². The third-order valence-corrected chi connectivity index (χ3v) is 4.16. The molecule has 1 aliphatic rings. The lowest BCUT2D eigenvalue weighted by atomic mass is 9.94. The maximum Gasteiger partial charge on any atom is 0.230 e. The van der Waals surface area contributed by atoms with E-state index in [0.717, 1.165) is 29.3 Å². The van der Waals surface area contributed by atoms with E-state index < -0.39 is 0 Å². The van der Waals surface area contributed by atoms with Crippen molar-refractivity contribution >= 4 is 21.8 Å². The molecule has 18 heavy (non-hydrogen) atoms. The van der Waals surface area contributed by atoms with Gasteiger partial charge in [-0.25, -0.2) is 0 Å². The maximum atomic E-state index is 12.3. The summed E-state index contributed by atoms with van der Waals surface area (Å²) < 4.78 is 1.02. The minimum absolute atomic E-state index is 0.00133. The Bertz CT molecular complexity index is 422. The Labute approximate surface area is 116 Å². The average Bonchev–Trinajstić information content (AvgIpc) is 3.18. The summed E-state index contributed by atoms with van der Waals surface area (Å²) in [5.74, 6) is 0.0470. The topological polar surface area (TPSA) is 49.3 Å². The van der Waals surface area contributed by atoms with Gasteiger partial charge in [-0.15, -0.1) is 0 Å². The van der Waals surface area contributed by atoms with Crippen molar-refractivity contribution < 1.29 is 9.90 Å². The molecule has 0 bridgehead atoms. The lowest BCUT2D eigenvalue weighted by Gasteiger charge is -2.20. The highest BCUT2D eigenvalue weighted by Crippen LogP contribution is 2.48. The van der Waals surface area contributed by atoms with Crippen molar-refractivity contribution in [2.24, 2.45) is 0 Å². The van der Waals surface area contributed by atoms with Crippen LogP contribution in [0.25, 0.3) is 0 Å². The Morgan fingerprint density at radius 2 is 2.06 bits per heavy atom. The molecular weight excluding hydrogens is 294 g/mol. The summed E-state index contributed by atoms with van der Waals surface area (Å²) in [4.78, 5) is 12.3. The molecule has 98 valence electrons. The van der Waals surface area contributed by atoms with Crippen LogP contribution in [0.3, 0.4) is 0 Å². The predicted molar refractivity (Wildman–Crippen MR) is 74.4 cm³/mol. The fourth-order valence-electron chi connectivity index (χ4n) is 2.14. The van der Waals surface area contributed by atoms with Crippen molar-refractivity contribution in [1.29, 1.82) is 0 Å². The molecule has 0 radical (unpaired) electrons. The number of rotatable bonds is 5. The summed E-state index contributed by atoms with van der Waals surface area (Å²) in [5.41, 5.74) is 0.708. The molecule has 1 fully saturated rings. The molecule has 3 nitrogen and oxygen atoms in total. The molecule has 1 aromatic carbocycles. The third kappa shape index (κ3) is 2.59. The largest absolute Gasteiger partial charge is 0.394 e. The second kappa shape index (κ2) is 5.41. The van der Waals surface area contributed by atoms with Crippen molar-refractivity contribution in [3.63, 3.8) is 0 Å². The second-order valence-electron chi connectivity index (χ2n) is 4.85. The van der Waals surface area contributed by atoms with Gasteiger partial charge in [-0.1, -0.05) is 35.0 Å². The van der Waals surface area contributed by atoms with Gasteiger partial charge in [-0.3, -0.25) is 4.79 Å². The molecule has 1 saturated carbocycles. The summed E-state index contributed by atoms with van der Waals surface area (Å²) in [7, 11) is 0. The molecule has 2 rings (SSSR count). The van der Waals surface area contributed by atoms with Crippen LogP contribution in [0.2, 0.25) is 0 Å². The molecule has 1 amide bonds. The van der Waals surface area contributed by atoms with Gasteiger partial charge in [0.15, 0.2) is 0 Å². The van der Waals surface area contributed by atoms with Crippen molar-refractivity contribution in [2.45, 2.75) is 37.6 Å². The Hall–Kier alpha value is -0.870. The first-order chi connectivity index (χ1) is 8.62. The van der Waals surface area contributed by atoms with E-state index in [0.29, 0.717) is 0 Å². The zero-order chi connectivity index (χ0) is 13.2. The van der Waals surface area contributed by atoms with Gasteiger partial charge in [-0.2, -0.15) is 0 Å². The Morgan fingerprint density at radius 3 is 2.50 bits per heavy atom. The minimum Gasteiger partial charge on any atom is -0.394 e. The molecule has 1 aliphatic carbocycles. The number of aliphatic hydroxyl groups excluding tert-OH is 1. The first kappa shape index (κ1) is 13.6. The van der Waals surface area contributed by atoms with Crippen LogP contribution in [0.4, 0.5) is 0 Å². The Kier molecular flexibility index (Phi) is 4.07. The van der Waals surface area contributed by atoms with Gasteiger partial charge in [0.05, 0.1) is 18.1 Å². The Balaban J connectivity index is 2.11. The second-order valence-corrected chi connectivity index (χ2v) is 5.77. The Morgan fingerprint density at radius 1 is 1.44 bits per heavy atom. The van der Waals surface area contributed by atoms with Gasteiger partial charge in [-0.05, 0) is 37.0 Å². The fourth-order valence-corrected chi connectivity index (χ4v) is 2.41. The number of carbonyl (C=O) groups excluding carboxylic acids is 1. The SMILES string of the molecule is CC[C@@H](CO)NC(=O)C1(c2ccc(Br)cc2)CC1. The lowest BCUT2D eigenvalue weighted by molar-refractivity contribution is -0.124. The quantitative estimate of drug-likeness (QED) is 0.877. The van der Waals surface area contributed by atoms with Crippen molar-refractivity contribution in [2.75, 3.05) is 6.61 Å². The molecule has 0 aromatic heterocycles. The number of benzene rings is 1. The van der Waals surface area contributed by atoms with Gasteiger partial charge < -0.3 is 10.4 Å². The summed E-state index contributed by atoms with van der Waals surface area (Å²) in [6, 6.07) is 7.79. The number of hydrogen-bond acceptors (Lipinski definition) is 2. The van der Waals surface area contributed by atoms with Gasteiger partial charge in [0.2, 0.25) is 5.91 Å².